The van der Waals surface area contributed by atoms with E-state index in [0.29, 0.717) is 68.2 Å². The van der Waals surface area contributed by atoms with Crippen molar-refractivity contribution in [3.63, 3.8) is 0 Å². The van der Waals surface area contributed by atoms with Gasteiger partial charge >= 0.3 is 0 Å². The standard InChI is InChI=1S/C28H37N3O9/c1-37-22-14-17(16-33)13-18-23-19(27(35)29-4-9-32)15-20(24(34)26(23)40-25(18)22)31(28(36)21-3-2-10-39-21)6-5-30-7-11-38-12-8-30/h13-16,20-21,23-24,26,32,34H,2-12H2,1H3,(H,29,35)/t20-,21?,23+,24+,26+/m1/s1. The summed E-state index contributed by atoms with van der Waals surface area (Å²) in [5.41, 5.74) is 1.17. The van der Waals surface area contributed by atoms with Crippen LogP contribution in [0, 0.1) is 0 Å². The molecule has 0 bridgehead atoms. The number of aliphatic hydroxyl groups is 2. The molecule has 2 amide bonds. The highest BCUT2D eigenvalue weighted by molar-refractivity contribution is 5.96. The lowest BCUT2D eigenvalue weighted by Crippen LogP contribution is -2.58. The van der Waals surface area contributed by atoms with Crippen LogP contribution in [0.4, 0.5) is 0 Å². The van der Waals surface area contributed by atoms with Gasteiger partial charge in [-0.25, -0.2) is 0 Å². The first kappa shape index (κ1) is 28.5. The molecule has 0 radical (unpaired) electrons. The summed E-state index contributed by atoms with van der Waals surface area (Å²) in [7, 11) is 1.45. The lowest BCUT2D eigenvalue weighted by Gasteiger charge is -2.42. The molecule has 0 saturated carbocycles. The molecule has 5 rings (SSSR count). The third-order valence-corrected chi connectivity index (χ3v) is 8.02. The Kier molecular flexibility index (Phi) is 9.01. The van der Waals surface area contributed by atoms with Crippen molar-refractivity contribution in [2.75, 3.05) is 66.3 Å². The summed E-state index contributed by atoms with van der Waals surface area (Å²) in [6.45, 7) is 3.85. The molecule has 40 heavy (non-hydrogen) atoms. The van der Waals surface area contributed by atoms with Crippen LogP contribution in [0.5, 0.6) is 11.5 Å². The number of hydrogen-bond donors (Lipinski definition) is 3. The van der Waals surface area contributed by atoms with Gasteiger partial charge in [0.25, 0.3) is 5.91 Å². The summed E-state index contributed by atoms with van der Waals surface area (Å²) in [5, 5.41) is 23.8. The molecule has 2 fully saturated rings. The summed E-state index contributed by atoms with van der Waals surface area (Å²) < 4.78 is 22.9. The highest BCUT2D eigenvalue weighted by atomic mass is 16.5. The number of rotatable bonds is 10. The smallest absolute Gasteiger partial charge is 0.252 e. The Hall–Kier alpha value is -3.03. The molecular formula is C28H37N3O9. The van der Waals surface area contributed by atoms with E-state index < -0.39 is 36.2 Å². The number of ether oxygens (including phenoxy) is 4. The van der Waals surface area contributed by atoms with E-state index in [2.05, 4.69) is 10.2 Å². The van der Waals surface area contributed by atoms with Gasteiger partial charge in [-0.05, 0) is 31.1 Å². The molecule has 5 atom stereocenters. The number of carbonyl (C=O) groups excluding carboxylic acids is 3. The van der Waals surface area contributed by atoms with Crippen LogP contribution in [0.3, 0.4) is 0 Å². The number of methoxy groups -OCH3 is 1. The molecule has 0 spiro atoms. The van der Waals surface area contributed by atoms with Gasteiger partial charge in [-0.1, -0.05) is 0 Å². The molecule has 3 aliphatic heterocycles. The fraction of sp³-hybridized carbons (Fsp3) is 0.607. The molecule has 12 nitrogen and oxygen atoms in total. The van der Waals surface area contributed by atoms with Crippen molar-refractivity contribution in [2.45, 2.75) is 43.1 Å². The largest absolute Gasteiger partial charge is 0.493 e. The van der Waals surface area contributed by atoms with Crippen LogP contribution in [0.2, 0.25) is 0 Å². The van der Waals surface area contributed by atoms with E-state index in [-0.39, 0.29) is 24.6 Å². The second-order valence-corrected chi connectivity index (χ2v) is 10.4. The Labute approximate surface area is 232 Å². The minimum atomic E-state index is -1.19. The van der Waals surface area contributed by atoms with Gasteiger partial charge in [0.1, 0.15) is 24.6 Å². The average molecular weight is 560 g/mol. The summed E-state index contributed by atoms with van der Waals surface area (Å²) >= 11 is 0. The average Bonchev–Trinajstić information content (AvgIpc) is 3.66. The van der Waals surface area contributed by atoms with E-state index in [1.807, 2.05) is 0 Å². The Balaban J connectivity index is 1.53. The van der Waals surface area contributed by atoms with Crippen molar-refractivity contribution in [1.82, 2.24) is 15.1 Å². The molecule has 2 saturated heterocycles. The predicted octanol–water partition coefficient (Wildman–Crippen LogP) is -0.530. The Bertz CT molecular complexity index is 1130. The number of benzene rings is 1. The number of amides is 2. The van der Waals surface area contributed by atoms with Gasteiger partial charge < -0.3 is 39.4 Å². The van der Waals surface area contributed by atoms with Gasteiger partial charge in [-0.3, -0.25) is 19.3 Å². The normalized spacial score (nSPS) is 27.7. The number of nitrogens with one attached hydrogen (secondary N) is 1. The number of carbonyl (C=O) groups is 3. The van der Waals surface area contributed by atoms with Crippen LogP contribution in [-0.2, 0) is 19.1 Å². The molecule has 1 unspecified atom stereocenters. The number of morpholine rings is 1. The zero-order chi connectivity index (χ0) is 28.2. The SMILES string of the molecule is COc1cc(C=O)cc2c1O[C@@H]1[C@@H](O)[C@H](N(CCN3CCOCC3)C(=O)C3CCCO3)C=C(C(=O)NCCO)[C@H]21. The van der Waals surface area contributed by atoms with Crippen LogP contribution < -0.4 is 14.8 Å². The summed E-state index contributed by atoms with van der Waals surface area (Å²) in [6.07, 6.45) is 0.942. The molecule has 3 N–H and O–H groups in total. The van der Waals surface area contributed by atoms with Gasteiger partial charge in [0.05, 0.1) is 38.9 Å². The molecule has 3 heterocycles. The number of aliphatic hydroxyl groups excluding tert-OH is 2. The minimum absolute atomic E-state index is 0.0295. The van der Waals surface area contributed by atoms with Crippen molar-refractivity contribution in [2.24, 2.45) is 0 Å². The maximum atomic E-state index is 13.8. The molecule has 218 valence electrons. The molecule has 1 aliphatic carbocycles. The highest BCUT2D eigenvalue weighted by Crippen LogP contribution is 2.51. The third kappa shape index (κ3) is 5.59. The Morgan fingerprint density at radius 3 is 2.73 bits per heavy atom. The number of aldehydes is 1. The molecular weight excluding hydrogens is 522 g/mol. The van der Waals surface area contributed by atoms with E-state index in [9.17, 15) is 24.6 Å². The lowest BCUT2D eigenvalue weighted by molar-refractivity contribution is -0.147. The third-order valence-electron chi connectivity index (χ3n) is 8.02. The van der Waals surface area contributed by atoms with Crippen LogP contribution in [0.1, 0.15) is 34.7 Å². The van der Waals surface area contributed by atoms with Crippen molar-refractivity contribution in [3.05, 3.63) is 34.9 Å². The number of nitrogens with zero attached hydrogens (tertiary/aromatic N) is 2. The lowest BCUT2D eigenvalue weighted by atomic mass is 9.77. The second-order valence-electron chi connectivity index (χ2n) is 10.4. The van der Waals surface area contributed by atoms with Gasteiger partial charge in [0.2, 0.25) is 5.91 Å². The molecule has 12 heteroatoms. The van der Waals surface area contributed by atoms with Crippen LogP contribution in [0.25, 0.3) is 0 Å². The molecule has 4 aliphatic rings. The number of fused-ring (bicyclic) bond motifs is 3. The zero-order valence-corrected chi connectivity index (χ0v) is 22.6. The second kappa shape index (κ2) is 12.6. The van der Waals surface area contributed by atoms with Gasteiger partial charge in [-0.2, -0.15) is 0 Å². The topological polar surface area (TPSA) is 147 Å². The van der Waals surface area contributed by atoms with Crippen LogP contribution >= 0.6 is 0 Å². The molecule has 0 aromatic heterocycles. The quantitative estimate of drug-likeness (QED) is 0.320. The van der Waals surface area contributed by atoms with Crippen molar-refractivity contribution >= 4 is 18.1 Å². The fourth-order valence-corrected chi connectivity index (χ4v) is 6.00. The zero-order valence-electron chi connectivity index (χ0n) is 22.6. The maximum absolute atomic E-state index is 13.8. The van der Waals surface area contributed by atoms with Crippen LogP contribution in [-0.4, -0.2) is 129 Å². The van der Waals surface area contributed by atoms with Gasteiger partial charge in [-0.15, -0.1) is 0 Å². The van der Waals surface area contributed by atoms with E-state index >= 15 is 0 Å². The Morgan fingerprint density at radius 1 is 1.25 bits per heavy atom. The fourth-order valence-electron chi connectivity index (χ4n) is 6.00. The van der Waals surface area contributed by atoms with Gasteiger partial charge in [0, 0.05) is 56.0 Å². The summed E-state index contributed by atoms with van der Waals surface area (Å²) in [5.74, 6) is -0.754. The van der Waals surface area contributed by atoms with Crippen molar-refractivity contribution < 1.29 is 43.5 Å². The van der Waals surface area contributed by atoms with E-state index in [1.54, 1.807) is 17.0 Å². The first-order chi connectivity index (χ1) is 19.5. The first-order valence-electron chi connectivity index (χ1n) is 13.8. The van der Waals surface area contributed by atoms with E-state index in [4.69, 9.17) is 18.9 Å². The monoisotopic (exact) mass is 559 g/mol. The van der Waals surface area contributed by atoms with Gasteiger partial charge in [0.15, 0.2) is 11.5 Å². The summed E-state index contributed by atoms with van der Waals surface area (Å²) in [4.78, 5) is 42.7. The molecule has 1 aromatic carbocycles. The highest BCUT2D eigenvalue weighted by Gasteiger charge is 2.52. The van der Waals surface area contributed by atoms with E-state index in [1.165, 1.54) is 13.2 Å². The van der Waals surface area contributed by atoms with Crippen molar-refractivity contribution in [1.29, 1.82) is 0 Å². The first-order valence-corrected chi connectivity index (χ1v) is 13.8. The number of hydrogen-bond acceptors (Lipinski definition) is 10. The van der Waals surface area contributed by atoms with E-state index in [0.717, 1.165) is 19.5 Å². The summed E-state index contributed by atoms with van der Waals surface area (Å²) in [6, 6.07) is 2.29. The minimum Gasteiger partial charge on any atom is -0.493 e. The maximum Gasteiger partial charge on any atom is 0.252 e. The molecule has 1 aromatic rings. The van der Waals surface area contributed by atoms with Crippen molar-refractivity contribution in [3.8, 4) is 11.5 Å². The van der Waals surface area contributed by atoms with Crippen LogP contribution in [0.15, 0.2) is 23.8 Å². The predicted molar refractivity (Wildman–Crippen MR) is 141 cm³/mol. The Morgan fingerprint density at radius 2 is 2.05 bits per heavy atom.